The molecular formula is C24H29F3N4O2S. The van der Waals surface area contributed by atoms with Gasteiger partial charge in [0.15, 0.2) is 0 Å². The molecule has 0 aliphatic carbocycles. The van der Waals surface area contributed by atoms with Gasteiger partial charge in [0, 0.05) is 61.4 Å². The molecule has 1 fully saturated rings. The Labute approximate surface area is 200 Å². The van der Waals surface area contributed by atoms with E-state index < -0.39 is 12.7 Å². The van der Waals surface area contributed by atoms with E-state index in [0.29, 0.717) is 31.7 Å². The molecule has 0 bridgehead atoms. The number of thiazole rings is 1. The van der Waals surface area contributed by atoms with Gasteiger partial charge in [-0.1, -0.05) is 0 Å². The normalized spacial score (nSPS) is 16.9. The second-order valence-electron chi connectivity index (χ2n) is 9.01. The average Bonchev–Trinajstić information content (AvgIpc) is 3.41. The molecule has 184 valence electrons. The van der Waals surface area contributed by atoms with Gasteiger partial charge in [-0.25, -0.2) is 4.79 Å². The molecule has 10 heteroatoms. The molecule has 4 heterocycles. The number of carbonyl (C=O) groups is 1. The van der Waals surface area contributed by atoms with Crippen molar-refractivity contribution >= 4 is 22.8 Å². The Morgan fingerprint density at radius 3 is 2.47 bits per heavy atom. The minimum atomic E-state index is -4.19. The summed E-state index contributed by atoms with van der Waals surface area (Å²) in [6.07, 6.45) is -0.590. The number of pyridine rings is 1. The topological polar surface area (TPSA) is 50.1 Å². The van der Waals surface area contributed by atoms with Crippen molar-refractivity contribution in [1.82, 2.24) is 19.2 Å². The number of rotatable bonds is 6. The first-order valence-electron chi connectivity index (χ1n) is 11.3. The molecule has 1 unspecified atom stereocenters. The van der Waals surface area contributed by atoms with Crippen molar-refractivity contribution in [3.63, 3.8) is 0 Å². The van der Waals surface area contributed by atoms with Crippen LogP contribution in [0.3, 0.4) is 0 Å². The second-order valence-corrected chi connectivity index (χ2v) is 9.90. The summed E-state index contributed by atoms with van der Waals surface area (Å²) in [6, 6.07) is 3.77. The Morgan fingerprint density at radius 1 is 1.18 bits per heavy atom. The molecule has 4 rings (SSSR count). The van der Waals surface area contributed by atoms with E-state index in [9.17, 15) is 18.0 Å². The lowest BCUT2D eigenvalue weighted by atomic mass is 10.0. The molecule has 1 aliphatic rings. The van der Waals surface area contributed by atoms with Crippen LogP contribution in [-0.2, 0) is 4.74 Å². The molecule has 0 aromatic carbocycles. The fourth-order valence-electron chi connectivity index (χ4n) is 4.61. The number of carbonyl (C=O) groups excluding carboxylic acids is 1. The first-order valence-corrected chi connectivity index (χ1v) is 12.2. The Kier molecular flexibility index (Phi) is 7.02. The third-order valence-corrected chi connectivity index (χ3v) is 7.04. The summed E-state index contributed by atoms with van der Waals surface area (Å²) in [5.74, 6) is -0.376. The minimum absolute atomic E-state index is 0.107. The third-order valence-electron chi connectivity index (χ3n) is 6.22. The first-order chi connectivity index (χ1) is 16.0. The van der Waals surface area contributed by atoms with E-state index in [1.165, 1.54) is 16.2 Å². The molecule has 3 aromatic heterocycles. The Morgan fingerprint density at radius 2 is 1.88 bits per heavy atom. The highest BCUT2D eigenvalue weighted by Crippen LogP contribution is 2.33. The summed E-state index contributed by atoms with van der Waals surface area (Å²) < 4.78 is 46.0. The maximum atomic E-state index is 12.9. The fourth-order valence-corrected chi connectivity index (χ4v) is 5.21. The van der Waals surface area contributed by atoms with Gasteiger partial charge in [0.2, 0.25) is 0 Å². The number of fused-ring (bicyclic) bond motifs is 1. The number of hydrogen-bond acceptors (Lipinski definition) is 6. The Bertz CT molecular complexity index is 1150. The number of alkyl halides is 3. The van der Waals surface area contributed by atoms with Gasteiger partial charge in [-0.05, 0) is 45.4 Å². The van der Waals surface area contributed by atoms with Crippen LogP contribution in [0.25, 0.3) is 16.0 Å². The highest BCUT2D eigenvalue weighted by Gasteiger charge is 2.34. The number of halogens is 3. The van der Waals surface area contributed by atoms with Gasteiger partial charge in [0.25, 0.3) is 0 Å². The van der Waals surface area contributed by atoms with Crippen molar-refractivity contribution in [2.24, 2.45) is 0 Å². The van der Waals surface area contributed by atoms with Crippen molar-refractivity contribution < 1.29 is 22.7 Å². The van der Waals surface area contributed by atoms with Crippen LogP contribution >= 0.6 is 11.3 Å². The molecular weight excluding hydrogens is 465 g/mol. The standard InChI is InChI=1S/C24H29F3N4O2S/c1-15(2)33-23(32)20-10-19-9-18(21-11-28-14-34-21)12-31(19)22(16(20)3)17(4)30-7-5-29(6-8-30)13-24(25,26)27/h9-12,14-15,17H,5-8,13H2,1-4H3. The zero-order chi connectivity index (χ0) is 24.6. The lowest BCUT2D eigenvalue weighted by Gasteiger charge is -2.39. The van der Waals surface area contributed by atoms with E-state index in [2.05, 4.69) is 14.3 Å². The predicted octanol–water partition coefficient (Wildman–Crippen LogP) is 5.18. The van der Waals surface area contributed by atoms with Crippen molar-refractivity contribution in [3.8, 4) is 10.4 Å². The molecule has 0 spiro atoms. The van der Waals surface area contributed by atoms with Gasteiger partial charge in [-0.15, -0.1) is 11.3 Å². The summed E-state index contributed by atoms with van der Waals surface area (Å²) in [7, 11) is 0. The third kappa shape index (κ3) is 5.29. The summed E-state index contributed by atoms with van der Waals surface area (Å²) in [5, 5.41) is 0. The van der Waals surface area contributed by atoms with Crippen LogP contribution in [0.2, 0.25) is 0 Å². The van der Waals surface area contributed by atoms with Crippen LogP contribution in [0.5, 0.6) is 0 Å². The number of esters is 1. The van der Waals surface area contributed by atoms with Crippen LogP contribution < -0.4 is 0 Å². The number of ether oxygens (including phenoxy) is 1. The van der Waals surface area contributed by atoms with Crippen LogP contribution in [0.4, 0.5) is 13.2 Å². The number of nitrogens with zero attached hydrogens (tertiary/aromatic N) is 4. The minimum Gasteiger partial charge on any atom is -0.459 e. The molecule has 3 aromatic rings. The van der Waals surface area contributed by atoms with Gasteiger partial charge in [-0.2, -0.15) is 13.2 Å². The van der Waals surface area contributed by atoms with Gasteiger partial charge < -0.3 is 9.14 Å². The fraction of sp³-hybridized carbons (Fsp3) is 0.500. The van der Waals surface area contributed by atoms with Crippen molar-refractivity contribution in [3.05, 3.63) is 46.9 Å². The number of hydrogen-bond donors (Lipinski definition) is 0. The average molecular weight is 495 g/mol. The van der Waals surface area contributed by atoms with Gasteiger partial charge >= 0.3 is 12.1 Å². The molecule has 1 atom stereocenters. The zero-order valence-corrected chi connectivity index (χ0v) is 20.5. The van der Waals surface area contributed by atoms with E-state index in [1.54, 1.807) is 5.51 Å². The summed E-state index contributed by atoms with van der Waals surface area (Å²) in [6.45, 7) is 8.43. The van der Waals surface area contributed by atoms with Crippen LogP contribution in [0.15, 0.2) is 30.0 Å². The molecule has 0 amide bonds. The summed E-state index contributed by atoms with van der Waals surface area (Å²) in [5.41, 5.74) is 5.90. The molecule has 34 heavy (non-hydrogen) atoms. The van der Waals surface area contributed by atoms with E-state index in [0.717, 1.165) is 27.2 Å². The molecule has 6 nitrogen and oxygen atoms in total. The maximum absolute atomic E-state index is 12.9. The molecule has 0 N–H and O–H groups in total. The summed E-state index contributed by atoms with van der Waals surface area (Å²) >= 11 is 1.54. The van der Waals surface area contributed by atoms with E-state index in [1.807, 2.05) is 52.2 Å². The van der Waals surface area contributed by atoms with Crippen LogP contribution in [0.1, 0.15) is 48.4 Å². The molecule has 0 radical (unpaired) electrons. The van der Waals surface area contributed by atoms with E-state index >= 15 is 0 Å². The number of aromatic nitrogens is 2. The van der Waals surface area contributed by atoms with Crippen LogP contribution in [-0.4, -0.2) is 70.2 Å². The van der Waals surface area contributed by atoms with Crippen LogP contribution in [0, 0.1) is 6.92 Å². The van der Waals surface area contributed by atoms with Crippen molar-refractivity contribution in [2.45, 2.75) is 46.0 Å². The first kappa shape index (κ1) is 24.7. The molecule has 0 saturated carbocycles. The smallest absolute Gasteiger partial charge is 0.401 e. The van der Waals surface area contributed by atoms with Gasteiger partial charge in [0.05, 0.1) is 28.6 Å². The quantitative estimate of drug-likeness (QED) is 0.442. The van der Waals surface area contributed by atoms with E-state index in [-0.39, 0.29) is 18.1 Å². The van der Waals surface area contributed by atoms with Gasteiger partial charge in [0.1, 0.15) is 0 Å². The second kappa shape index (κ2) is 9.67. The Hall–Kier alpha value is -2.43. The van der Waals surface area contributed by atoms with E-state index in [4.69, 9.17) is 4.74 Å². The maximum Gasteiger partial charge on any atom is 0.401 e. The monoisotopic (exact) mass is 494 g/mol. The highest BCUT2D eigenvalue weighted by atomic mass is 32.1. The lowest BCUT2D eigenvalue weighted by Crippen LogP contribution is -2.49. The SMILES string of the molecule is Cc1c(C(=O)OC(C)C)cc2cc(-c3cncs3)cn2c1C(C)N1CCN(CC(F)(F)F)CC1. The Balaban J connectivity index is 1.71. The zero-order valence-electron chi connectivity index (χ0n) is 19.7. The largest absolute Gasteiger partial charge is 0.459 e. The molecule has 1 saturated heterocycles. The van der Waals surface area contributed by atoms with Gasteiger partial charge in [-0.3, -0.25) is 14.8 Å². The lowest BCUT2D eigenvalue weighted by molar-refractivity contribution is -0.149. The molecule has 1 aliphatic heterocycles. The highest BCUT2D eigenvalue weighted by molar-refractivity contribution is 7.13. The van der Waals surface area contributed by atoms with Crippen molar-refractivity contribution in [1.29, 1.82) is 0 Å². The number of piperazine rings is 1. The van der Waals surface area contributed by atoms with Crippen molar-refractivity contribution in [2.75, 3.05) is 32.7 Å². The predicted molar refractivity (Wildman–Crippen MR) is 126 cm³/mol. The summed E-state index contributed by atoms with van der Waals surface area (Å²) in [4.78, 5) is 21.7.